The van der Waals surface area contributed by atoms with E-state index in [-0.39, 0.29) is 0 Å². The van der Waals surface area contributed by atoms with Crippen molar-refractivity contribution in [3.05, 3.63) is 34.9 Å². The number of aromatic carboxylic acids is 1. The predicted octanol–water partition coefficient (Wildman–Crippen LogP) is 2.14. The molecule has 1 aromatic carbocycles. The van der Waals surface area contributed by atoms with E-state index in [1.54, 1.807) is 19.2 Å². The van der Waals surface area contributed by atoms with E-state index in [1.165, 1.54) is 11.1 Å². The fourth-order valence-corrected chi connectivity index (χ4v) is 2.34. The molecule has 3 nitrogen and oxygen atoms in total. The van der Waals surface area contributed by atoms with Crippen molar-refractivity contribution in [3.63, 3.8) is 0 Å². The Morgan fingerprint density at radius 1 is 1.50 bits per heavy atom. The van der Waals surface area contributed by atoms with Crippen molar-refractivity contribution in [2.45, 2.75) is 19.3 Å². The first-order valence-corrected chi connectivity index (χ1v) is 5.54. The Morgan fingerprint density at radius 2 is 2.31 bits per heavy atom. The van der Waals surface area contributed by atoms with Crippen LogP contribution in [0, 0.1) is 5.92 Å². The second kappa shape index (κ2) is 4.66. The number of ether oxygens (including phenoxy) is 1. The number of carbonyl (C=O) groups is 1. The minimum atomic E-state index is -0.846. The summed E-state index contributed by atoms with van der Waals surface area (Å²) in [5.74, 6) is -0.269. The van der Waals surface area contributed by atoms with Gasteiger partial charge in [-0.05, 0) is 48.4 Å². The number of methoxy groups -OCH3 is 1. The van der Waals surface area contributed by atoms with Gasteiger partial charge in [-0.2, -0.15) is 0 Å². The molecular formula is C13H16O3. The van der Waals surface area contributed by atoms with E-state index in [9.17, 15) is 4.79 Å². The third-order valence-corrected chi connectivity index (χ3v) is 3.19. The normalized spacial score (nSPS) is 19.2. The lowest BCUT2D eigenvalue weighted by Crippen LogP contribution is -2.19. The summed E-state index contributed by atoms with van der Waals surface area (Å²) in [6, 6.07) is 5.44. The minimum absolute atomic E-state index is 0.393. The van der Waals surface area contributed by atoms with Gasteiger partial charge < -0.3 is 9.84 Å². The van der Waals surface area contributed by atoms with Crippen molar-refractivity contribution < 1.29 is 14.6 Å². The Bertz CT molecular complexity index is 398. The average molecular weight is 220 g/mol. The maximum absolute atomic E-state index is 10.8. The smallest absolute Gasteiger partial charge is 0.335 e. The van der Waals surface area contributed by atoms with Gasteiger partial charge >= 0.3 is 5.97 Å². The van der Waals surface area contributed by atoms with Crippen LogP contribution in [0.15, 0.2) is 18.2 Å². The first kappa shape index (κ1) is 11.1. The molecule has 1 aromatic rings. The van der Waals surface area contributed by atoms with Crippen molar-refractivity contribution in [2.75, 3.05) is 13.7 Å². The lowest BCUT2D eigenvalue weighted by Gasteiger charge is -2.24. The molecule has 0 radical (unpaired) electrons. The molecule has 0 spiro atoms. The Morgan fingerprint density at radius 3 is 3.00 bits per heavy atom. The highest BCUT2D eigenvalue weighted by molar-refractivity contribution is 5.87. The summed E-state index contributed by atoms with van der Waals surface area (Å²) in [6.07, 6.45) is 3.05. The van der Waals surface area contributed by atoms with Crippen molar-refractivity contribution in [1.82, 2.24) is 0 Å². The van der Waals surface area contributed by atoms with Gasteiger partial charge in [0.1, 0.15) is 0 Å². The van der Waals surface area contributed by atoms with Gasteiger partial charge in [0, 0.05) is 13.7 Å². The lowest BCUT2D eigenvalue weighted by molar-refractivity contribution is 0.0696. The van der Waals surface area contributed by atoms with Gasteiger partial charge in [-0.15, -0.1) is 0 Å². The molecular weight excluding hydrogens is 204 g/mol. The van der Waals surface area contributed by atoms with Crippen LogP contribution in [0.2, 0.25) is 0 Å². The molecule has 0 aliphatic heterocycles. The molecule has 2 rings (SSSR count). The molecule has 0 amide bonds. The van der Waals surface area contributed by atoms with Crippen LogP contribution >= 0.6 is 0 Å². The van der Waals surface area contributed by atoms with Gasteiger partial charge in [-0.1, -0.05) is 6.07 Å². The number of hydrogen-bond acceptors (Lipinski definition) is 2. The maximum atomic E-state index is 10.8. The molecule has 0 saturated carbocycles. The molecule has 3 heteroatoms. The fraction of sp³-hybridized carbons (Fsp3) is 0.462. The highest BCUT2D eigenvalue weighted by Gasteiger charge is 2.19. The summed E-state index contributed by atoms with van der Waals surface area (Å²) < 4.78 is 5.16. The topological polar surface area (TPSA) is 46.5 Å². The molecule has 0 saturated heterocycles. The molecule has 0 aromatic heterocycles. The molecule has 16 heavy (non-hydrogen) atoms. The van der Waals surface area contributed by atoms with Crippen LogP contribution in [0.25, 0.3) is 0 Å². The van der Waals surface area contributed by atoms with Crippen LogP contribution in [0.5, 0.6) is 0 Å². The van der Waals surface area contributed by atoms with E-state index in [1.807, 2.05) is 6.07 Å². The van der Waals surface area contributed by atoms with Crippen molar-refractivity contribution in [2.24, 2.45) is 5.92 Å². The lowest BCUT2D eigenvalue weighted by atomic mass is 9.83. The van der Waals surface area contributed by atoms with E-state index < -0.39 is 5.97 Å². The Kier molecular flexibility index (Phi) is 3.25. The highest BCUT2D eigenvalue weighted by Crippen LogP contribution is 2.26. The van der Waals surface area contributed by atoms with Gasteiger partial charge in [0.2, 0.25) is 0 Å². The molecule has 1 N–H and O–H groups in total. The summed E-state index contributed by atoms with van der Waals surface area (Å²) in [7, 11) is 1.73. The van der Waals surface area contributed by atoms with Gasteiger partial charge in [0.25, 0.3) is 0 Å². The Hall–Kier alpha value is -1.35. The summed E-state index contributed by atoms with van der Waals surface area (Å²) >= 11 is 0. The van der Waals surface area contributed by atoms with Crippen LogP contribution in [0.1, 0.15) is 27.9 Å². The summed E-state index contributed by atoms with van der Waals surface area (Å²) in [6.45, 7) is 0.792. The van der Waals surface area contributed by atoms with Crippen LogP contribution in [0.4, 0.5) is 0 Å². The fourth-order valence-electron chi connectivity index (χ4n) is 2.34. The van der Waals surface area contributed by atoms with Crippen LogP contribution < -0.4 is 0 Å². The maximum Gasteiger partial charge on any atom is 0.335 e. The van der Waals surface area contributed by atoms with Crippen LogP contribution in [-0.4, -0.2) is 24.8 Å². The zero-order valence-corrected chi connectivity index (χ0v) is 9.40. The van der Waals surface area contributed by atoms with Crippen molar-refractivity contribution in [3.8, 4) is 0 Å². The minimum Gasteiger partial charge on any atom is -0.478 e. The van der Waals surface area contributed by atoms with Gasteiger partial charge in [-0.3, -0.25) is 0 Å². The third kappa shape index (κ3) is 2.25. The van der Waals surface area contributed by atoms with Gasteiger partial charge in [0.15, 0.2) is 0 Å². The zero-order chi connectivity index (χ0) is 11.5. The first-order valence-electron chi connectivity index (χ1n) is 5.54. The molecule has 0 fully saturated rings. The first-order chi connectivity index (χ1) is 7.70. The summed E-state index contributed by atoms with van der Waals surface area (Å²) in [5.41, 5.74) is 2.86. The molecule has 1 aliphatic carbocycles. The largest absolute Gasteiger partial charge is 0.478 e. The molecule has 0 bridgehead atoms. The number of rotatable bonds is 3. The Labute approximate surface area is 95.0 Å². The Balaban J connectivity index is 2.19. The van der Waals surface area contributed by atoms with E-state index in [4.69, 9.17) is 9.84 Å². The van der Waals surface area contributed by atoms with E-state index in [0.29, 0.717) is 11.5 Å². The van der Waals surface area contributed by atoms with E-state index >= 15 is 0 Å². The molecule has 1 unspecified atom stereocenters. The predicted molar refractivity (Wildman–Crippen MR) is 60.8 cm³/mol. The number of carboxylic acid groups (broad SMARTS) is 1. The monoisotopic (exact) mass is 220 g/mol. The van der Waals surface area contributed by atoms with Gasteiger partial charge in [0.05, 0.1) is 5.56 Å². The SMILES string of the molecule is COCC1CCc2cc(C(=O)O)ccc2C1. The highest BCUT2D eigenvalue weighted by atomic mass is 16.5. The second-order valence-corrected chi connectivity index (χ2v) is 4.35. The molecule has 1 aliphatic rings. The molecule has 1 atom stereocenters. The number of carboxylic acids is 1. The summed E-state index contributed by atoms with van der Waals surface area (Å²) in [4.78, 5) is 10.8. The average Bonchev–Trinajstić information content (AvgIpc) is 2.28. The van der Waals surface area contributed by atoms with Crippen LogP contribution in [-0.2, 0) is 17.6 Å². The zero-order valence-electron chi connectivity index (χ0n) is 9.40. The number of benzene rings is 1. The summed E-state index contributed by atoms with van der Waals surface area (Å²) in [5, 5.41) is 8.90. The number of aryl methyl sites for hydroxylation is 1. The van der Waals surface area contributed by atoms with Gasteiger partial charge in [-0.25, -0.2) is 4.79 Å². The molecule has 0 heterocycles. The number of fused-ring (bicyclic) bond motifs is 1. The molecule has 86 valence electrons. The van der Waals surface area contributed by atoms with Crippen molar-refractivity contribution >= 4 is 5.97 Å². The van der Waals surface area contributed by atoms with Crippen LogP contribution in [0.3, 0.4) is 0 Å². The standard InChI is InChI=1S/C13H16O3/c1-16-8-9-2-3-11-7-12(13(14)15)5-4-10(11)6-9/h4-5,7,9H,2-3,6,8H2,1H3,(H,14,15). The number of hydrogen-bond donors (Lipinski definition) is 1. The third-order valence-electron chi connectivity index (χ3n) is 3.19. The van der Waals surface area contributed by atoms with E-state index in [2.05, 4.69) is 0 Å². The van der Waals surface area contributed by atoms with Crippen molar-refractivity contribution in [1.29, 1.82) is 0 Å². The van der Waals surface area contributed by atoms with E-state index in [0.717, 1.165) is 25.9 Å². The second-order valence-electron chi connectivity index (χ2n) is 4.35. The quantitative estimate of drug-likeness (QED) is 0.848.